The first-order valence-corrected chi connectivity index (χ1v) is 7.15. The van der Waals surface area contributed by atoms with E-state index >= 15 is 0 Å². The zero-order valence-corrected chi connectivity index (χ0v) is 12.7. The average Bonchev–Trinajstić information content (AvgIpc) is 3.00. The number of carbonyl (C=O) groups excluding carboxylic acids is 1. The van der Waals surface area contributed by atoms with E-state index in [1.807, 2.05) is 0 Å². The first-order valence-electron chi connectivity index (χ1n) is 7.15. The van der Waals surface area contributed by atoms with Gasteiger partial charge in [-0.05, 0) is 23.1 Å². The van der Waals surface area contributed by atoms with Crippen LogP contribution in [0.15, 0.2) is 24.3 Å². The average molecular weight is 323 g/mol. The molecule has 1 aliphatic rings. The minimum absolute atomic E-state index is 0.325. The van der Waals surface area contributed by atoms with Crippen molar-refractivity contribution in [2.45, 2.75) is 26.3 Å². The maximum absolute atomic E-state index is 13.3. The summed E-state index contributed by atoms with van der Waals surface area (Å²) in [6.07, 6.45) is -0.417. The van der Waals surface area contributed by atoms with E-state index in [0.29, 0.717) is 5.56 Å². The summed E-state index contributed by atoms with van der Waals surface area (Å²) in [5.74, 6) is -4.81. The fraction of sp³-hybridized carbons (Fsp3) is 0.438. The predicted octanol–water partition coefficient (Wildman–Crippen LogP) is 1.81. The Hall–Kier alpha value is -2.44. The van der Waals surface area contributed by atoms with Crippen LogP contribution in [0.1, 0.15) is 31.9 Å². The van der Waals surface area contributed by atoms with E-state index in [-0.39, 0.29) is 0 Å². The van der Waals surface area contributed by atoms with Gasteiger partial charge in [0.15, 0.2) is 0 Å². The van der Waals surface area contributed by atoms with Crippen LogP contribution in [0.5, 0.6) is 0 Å². The van der Waals surface area contributed by atoms with Crippen LogP contribution in [0.3, 0.4) is 0 Å². The molecule has 124 valence electrons. The molecule has 2 rings (SSSR count). The predicted molar refractivity (Wildman–Crippen MR) is 77.9 cm³/mol. The molecule has 0 radical (unpaired) electrons. The van der Waals surface area contributed by atoms with Gasteiger partial charge in [0.2, 0.25) is 5.91 Å². The summed E-state index contributed by atoms with van der Waals surface area (Å²) in [7, 11) is 0. The standard InChI is InChI=1S/C16H18FNO5/c1-16(2)12(13(16)15(22)23)14(21)18-10(7-11(19)20)8-4-3-5-9(17)6-8/h3-6,10,12-13H,7H2,1-2H3,(H,18,21)(H,19,20)(H,22,23)/t10-,12-,13-/m0/s1. The first-order chi connectivity index (χ1) is 10.6. The van der Waals surface area contributed by atoms with E-state index in [0.717, 1.165) is 6.07 Å². The van der Waals surface area contributed by atoms with Crippen LogP contribution in [-0.2, 0) is 14.4 Å². The van der Waals surface area contributed by atoms with E-state index < -0.39 is 53.4 Å². The van der Waals surface area contributed by atoms with Crippen molar-refractivity contribution in [1.29, 1.82) is 0 Å². The largest absolute Gasteiger partial charge is 0.481 e. The van der Waals surface area contributed by atoms with Gasteiger partial charge in [0.05, 0.1) is 24.3 Å². The lowest BCUT2D eigenvalue weighted by atomic mass is 10.0. The van der Waals surface area contributed by atoms with Crippen LogP contribution >= 0.6 is 0 Å². The number of benzene rings is 1. The summed E-state index contributed by atoms with van der Waals surface area (Å²) < 4.78 is 13.3. The van der Waals surface area contributed by atoms with E-state index in [9.17, 15) is 18.8 Å². The van der Waals surface area contributed by atoms with Crippen molar-refractivity contribution in [1.82, 2.24) is 5.32 Å². The molecule has 0 saturated heterocycles. The Kier molecular flexibility index (Phi) is 4.40. The molecular weight excluding hydrogens is 305 g/mol. The lowest BCUT2D eigenvalue weighted by Crippen LogP contribution is -2.33. The second kappa shape index (κ2) is 5.98. The number of hydrogen-bond acceptors (Lipinski definition) is 3. The third kappa shape index (κ3) is 3.49. The Morgan fingerprint density at radius 3 is 2.39 bits per heavy atom. The zero-order chi connectivity index (χ0) is 17.4. The molecule has 1 saturated carbocycles. The molecule has 0 spiro atoms. The summed E-state index contributed by atoms with van der Waals surface area (Å²) in [6.45, 7) is 3.34. The molecule has 0 heterocycles. The van der Waals surface area contributed by atoms with Gasteiger partial charge in [0.25, 0.3) is 0 Å². The highest BCUT2D eigenvalue weighted by atomic mass is 19.1. The van der Waals surface area contributed by atoms with E-state index in [1.54, 1.807) is 13.8 Å². The molecule has 1 aliphatic carbocycles. The highest BCUT2D eigenvalue weighted by molar-refractivity contribution is 5.92. The number of carboxylic acids is 2. The zero-order valence-electron chi connectivity index (χ0n) is 12.7. The molecule has 3 N–H and O–H groups in total. The Bertz CT molecular complexity index is 658. The number of aliphatic carboxylic acids is 2. The van der Waals surface area contributed by atoms with Crippen LogP contribution in [0.25, 0.3) is 0 Å². The van der Waals surface area contributed by atoms with Crippen molar-refractivity contribution in [3.8, 4) is 0 Å². The molecule has 0 aliphatic heterocycles. The topological polar surface area (TPSA) is 104 Å². The van der Waals surface area contributed by atoms with Crippen molar-refractivity contribution in [3.05, 3.63) is 35.6 Å². The smallest absolute Gasteiger partial charge is 0.307 e. The van der Waals surface area contributed by atoms with E-state index in [4.69, 9.17) is 10.2 Å². The number of halogens is 1. The molecule has 1 aromatic carbocycles. The summed E-state index contributed by atoms with van der Waals surface area (Å²) in [5, 5.41) is 20.6. The minimum atomic E-state index is -1.15. The van der Waals surface area contributed by atoms with Gasteiger partial charge in [-0.3, -0.25) is 14.4 Å². The minimum Gasteiger partial charge on any atom is -0.481 e. The highest BCUT2D eigenvalue weighted by Gasteiger charge is 2.66. The Morgan fingerprint density at radius 2 is 1.91 bits per heavy atom. The lowest BCUT2D eigenvalue weighted by molar-refractivity contribution is -0.141. The fourth-order valence-corrected chi connectivity index (χ4v) is 3.00. The fourth-order valence-electron chi connectivity index (χ4n) is 3.00. The second-order valence-corrected chi connectivity index (χ2v) is 6.33. The quantitative estimate of drug-likeness (QED) is 0.741. The van der Waals surface area contributed by atoms with Crippen molar-refractivity contribution in [2.75, 3.05) is 0 Å². The second-order valence-electron chi connectivity index (χ2n) is 6.33. The van der Waals surface area contributed by atoms with Gasteiger partial charge in [-0.2, -0.15) is 0 Å². The summed E-state index contributed by atoms with van der Waals surface area (Å²) in [4.78, 5) is 34.5. The van der Waals surface area contributed by atoms with Crippen LogP contribution in [0.4, 0.5) is 4.39 Å². The van der Waals surface area contributed by atoms with Gasteiger partial charge < -0.3 is 15.5 Å². The van der Waals surface area contributed by atoms with Crippen LogP contribution in [0, 0.1) is 23.1 Å². The molecule has 1 aromatic rings. The van der Waals surface area contributed by atoms with E-state index in [1.165, 1.54) is 18.2 Å². The molecule has 1 amide bonds. The number of hydrogen-bond donors (Lipinski definition) is 3. The third-order valence-corrected chi connectivity index (χ3v) is 4.32. The highest BCUT2D eigenvalue weighted by Crippen LogP contribution is 2.58. The molecule has 6 nitrogen and oxygen atoms in total. The van der Waals surface area contributed by atoms with Gasteiger partial charge >= 0.3 is 11.9 Å². The van der Waals surface area contributed by atoms with Crippen molar-refractivity contribution >= 4 is 17.8 Å². The number of carboxylic acid groups (broad SMARTS) is 2. The normalized spacial score (nSPS) is 22.9. The van der Waals surface area contributed by atoms with Gasteiger partial charge in [-0.15, -0.1) is 0 Å². The summed E-state index contributed by atoms with van der Waals surface area (Å²) in [5.41, 5.74) is -0.364. The summed E-state index contributed by atoms with van der Waals surface area (Å²) >= 11 is 0. The number of rotatable bonds is 6. The third-order valence-electron chi connectivity index (χ3n) is 4.32. The molecule has 7 heteroatoms. The van der Waals surface area contributed by atoms with Gasteiger partial charge in [-0.1, -0.05) is 26.0 Å². The Labute approximate surface area is 132 Å². The lowest BCUT2D eigenvalue weighted by Gasteiger charge is -2.18. The van der Waals surface area contributed by atoms with Gasteiger partial charge in [0.1, 0.15) is 5.82 Å². The molecule has 0 unspecified atom stereocenters. The molecule has 0 aromatic heterocycles. The van der Waals surface area contributed by atoms with Crippen LogP contribution in [0.2, 0.25) is 0 Å². The van der Waals surface area contributed by atoms with Crippen LogP contribution < -0.4 is 5.32 Å². The molecule has 1 fully saturated rings. The maximum atomic E-state index is 13.3. The molecular formula is C16H18FNO5. The molecule has 3 atom stereocenters. The van der Waals surface area contributed by atoms with Crippen LogP contribution in [-0.4, -0.2) is 28.1 Å². The number of carbonyl (C=O) groups is 3. The summed E-state index contributed by atoms with van der Waals surface area (Å²) in [6, 6.07) is 4.39. The Morgan fingerprint density at radius 1 is 1.26 bits per heavy atom. The van der Waals surface area contributed by atoms with Gasteiger partial charge in [-0.25, -0.2) is 4.39 Å². The molecule has 0 bridgehead atoms. The molecule has 23 heavy (non-hydrogen) atoms. The number of nitrogens with one attached hydrogen (secondary N) is 1. The van der Waals surface area contributed by atoms with Gasteiger partial charge in [0, 0.05) is 0 Å². The van der Waals surface area contributed by atoms with Crippen molar-refractivity contribution in [3.63, 3.8) is 0 Å². The first kappa shape index (κ1) is 16.9. The van der Waals surface area contributed by atoms with Crippen molar-refractivity contribution in [2.24, 2.45) is 17.3 Å². The van der Waals surface area contributed by atoms with Crippen molar-refractivity contribution < 1.29 is 29.0 Å². The number of amides is 1. The maximum Gasteiger partial charge on any atom is 0.307 e. The SMILES string of the molecule is CC1(C)[C@H](C(=O)O)[C@H]1C(=O)N[C@@H](CC(=O)O)c1cccc(F)c1. The van der Waals surface area contributed by atoms with E-state index in [2.05, 4.69) is 5.32 Å². The monoisotopic (exact) mass is 323 g/mol. The Balaban J connectivity index is 2.17.